The van der Waals surface area contributed by atoms with Gasteiger partial charge in [-0.05, 0) is 37.0 Å². The van der Waals surface area contributed by atoms with Crippen molar-refractivity contribution in [1.29, 1.82) is 0 Å². The van der Waals surface area contributed by atoms with Crippen LogP contribution in [0.15, 0.2) is 17.1 Å². The smallest absolute Gasteiger partial charge is 0.454 e. The number of aliphatic imine (C=N–C) groups is 1. The van der Waals surface area contributed by atoms with Gasteiger partial charge in [0.15, 0.2) is 0 Å². The molecular formula is C11H14F3N2OS-. The summed E-state index contributed by atoms with van der Waals surface area (Å²) in [6.07, 6.45) is 5.83. The van der Waals surface area contributed by atoms with E-state index in [9.17, 15) is 18.3 Å². The lowest BCUT2D eigenvalue weighted by atomic mass is 10.0. The predicted molar refractivity (Wildman–Crippen MR) is 65.1 cm³/mol. The molecule has 3 nitrogen and oxygen atoms in total. The van der Waals surface area contributed by atoms with Crippen LogP contribution in [0.5, 0.6) is 0 Å². The number of hydrogen-bond donors (Lipinski definition) is 1. The van der Waals surface area contributed by atoms with Gasteiger partial charge in [-0.15, -0.1) is 0 Å². The quantitative estimate of drug-likeness (QED) is 0.362. The Morgan fingerprint density at radius 2 is 2.17 bits per heavy atom. The van der Waals surface area contributed by atoms with E-state index in [0.717, 1.165) is 18.2 Å². The Bertz CT molecular complexity index is 417. The molecule has 7 heteroatoms. The normalized spacial score (nSPS) is 33.1. The van der Waals surface area contributed by atoms with E-state index in [4.69, 9.17) is 0 Å². The molecule has 0 aromatic rings. The monoisotopic (exact) mass is 279 g/mol. The van der Waals surface area contributed by atoms with Crippen LogP contribution in [0.1, 0.15) is 19.8 Å². The number of amidine groups is 1. The molecule has 1 fully saturated rings. The molecule has 0 saturated heterocycles. The molecule has 0 aliphatic heterocycles. The second kappa shape index (κ2) is 4.95. The highest BCUT2D eigenvalue weighted by atomic mass is 32.2. The second-order valence-electron chi connectivity index (χ2n) is 4.40. The van der Waals surface area contributed by atoms with Gasteiger partial charge in [0.25, 0.3) is 0 Å². The van der Waals surface area contributed by atoms with Crippen molar-refractivity contribution in [2.75, 3.05) is 0 Å². The second-order valence-corrected chi connectivity index (χ2v) is 6.22. The summed E-state index contributed by atoms with van der Waals surface area (Å²) in [6.45, 7) is 1.27. The van der Waals surface area contributed by atoms with E-state index in [1.54, 1.807) is 0 Å². The Kier molecular flexibility index (Phi) is 3.70. The molecule has 0 heterocycles. The summed E-state index contributed by atoms with van der Waals surface area (Å²) < 4.78 is 39.3. The van der Waals surface area contributed by atoms with E-state index >= 15 is 0 Å². The Morgan fingerprint density at radius 3 is 2.61 bits per heavy atom. The molecule has 1 N–H and O–H groups in total. The molecule has 2 aliphatic rings. The minimum Gasteiger partial charge on any atom is -0.846 e. The van der Waals surface area contributed by atoms with Gasteiger partial charge in [-0.3, -0.25) is 4.99 Å². The van der Waals surface area contributed by atoms with Crippen LogP contribution < -0.4 is 9.83 Å². The Labute approximate surface area is 106 Å². The fraction of sp³-hybridized carbons (Fsp3) is 0.636. The SMILES string of the molecule is C/C=S(/NC([O-])=NC1CC2C=CC1C2)C(F)(F)F. The lowest BCUT2D eigenvalue weighted by Gasteiger charge is -2.22. The highest BCUT2D eigenvalue weighted by molar-refractivity contribution is 8.14. The van der Waals surface area contributed by atoms with E-state index in [-0.39, 0.29) is 12.0 Å². The largest absolute Gasteiger partial charge is 0.846 e. The van der Waals surface area contributed by atoms with Crippen LogP contribution in [0.25, 0.3) is 0 Å². The van der Waals surface area contributed by atoms with Crippen LogP contribution >= 0.6 is 10.7 Å². The Hall–Kier alpha value is -0.980. The van der Waals surface area contributed by atoms with Gasteiger partial charge in [0.1, 0.15) is 0 Å². The summed E-state index contributed by atoms with van der Waals surface area (Å²) in [6, 6.07) is -1.02. The summed E-state index contributed by atoms with van der Waals surface area (Å²) in [5.74, 6) is 0.661. The maximum absolute atomic E-state index is 12.5. The molecule has 0 aromatic heterocycles. The first-order chi connectivity index (χ1) is 8.40. The first-order valence-electron chi connectivity index (χ1n) is 5.69. The van der Waals surface area contributed by atoms with Crippen LogP contribution in [-0.2, 0) is 0 Å². The van der Waals surface area contributed by atoms with E-state index in [1.807, 2.05) is 10.8 Å². The van der Waals surface area contributed by atoms with Crippen LogP contribution in [0.2, 0.25) is 0 Å². The molecule has 0 radical (unpaired) electrons. The highest BCUT2D eigenvalue weighted by Crippen LogP contribution is 2.41. The Balaban J connectivity index is 2.00. The van der Waals surface area contributed by atoms with Crippen LogP contribution in [0.3, 0.4) is 0 Å². The van der Waals surface area contributed by atoms with E-state index in [2.05, 4.69) is 11.1 Å². The van der Waals surface area contributed by atoms with Crippen molar-refractivity contribution in [3.05, 3.63) is 12.2 Å². The first kappa shape index (κ1) is 13.5. The third-order valence-corrected chi connectivity index (χ3v) is 4.57. The van der Waals surface area contributed by atoms with E-state index in [1.165, 1.54) is 6.92 Å². The summed E-state index contributed by atoms with van der Waals surface area (Å²) in [7, 11) is -2.22. The molecule has 2 aliphatic carbocycles. The average molecular weight is 279 g/mol. The number of alkyl halides is 3. The molecule has 4 atom stereocenters. The minimum absolute atomic E-state index is 0.157. The van der Waals surface area contributed by atoms with Crippen LogP contribution in [0.4, 0.5) is 13.2 Å². The maximum Gasteiger partial charge on any atom is 0.454 e. The van der Waals surface area contributed by atoms with Crippen LogP contribution in [0, 0.1) is 11.8 Å². The third kappa shape index (κ3) is 2.88. The van der Waals surface area contributed by atoms with Crippen molar-refractivity contribution in [2.24, 2.45) is 16.8 Å². The van der Waals surface area contributed by atoms with Crippen molar-refractivity contribution in [1.82, 2.24) is 4.72 Å². The molecule has 2 rings (SSSR count). The summed E-state index contributed by atoms with van der Waals surface area (Å²) in [4.78, 5) is 3.85. The molecule has 18 heavy (non-hydrogen) atoms. The van der Waals surface area contributed by atoms with Gasteiger partial charge in [-0.1, -0.05) is 12.2 Å². The van der Waals surface area contributed by atoms with Crippen molar-refractivity contribution in [3.63, 3.8) is 0 Å². The van der Waals surface area contributed by atoms with E-state index in [0.29, 0.717) is 5.92 Å². The van der Waals surface area contributed by atoms with Crippen molar-refractivity contribution < 1.29 is 18.3 Å². The van der Waals surface area contributed by atoms with Gasteiger partial charge in [0.05, 0.1) is 12.1 Å². The van der Waals surface area contributed by atoms with Crippen LogP contribution in [-0.4, -0.2) is 22.9 Å². The number of fused-ring (bicyclic) bond motifs is 2. The number of nitrogens with one attached hydrogen (secondary N) is 1. The third-order valence-electron chi connectivity index (χ3n) is 3.21. The number of allylic oxidation sites excluding steroid dienone is 1. The molecule has 2 bridgehead atoms. The number of rotatable bonds is 2. The predicted octanol–water partition coefficient (Wildman–Crippen LogP) is 1.78. The number of halogens is 3. The minimum atomic E-state index is -4.44. The van der Waals surface area contributed by atoms with Gasteiger partial charge in [0, 0.05) is 10.7 Å². The molecule has 0 spiro atoms. The molecule has 0 amide bonds. The fourth-order valence-electron chi connectivity index (χ4n) is 2.42. The lowest BCUT2D eigenvalue weighted by molar-refractivity contribution is -0.220. The zero-order valence-corrected chi connectivity index (χ0v) is 10.6. The molecule has 102 valence electrons. The van der Waals surface area contributed by atoms with Gasteiger partial charge >= 0.3 is 5.51 Å². The molecular weight excluding hydrogens is 265 g/mol. The summed E-state index contributed by atoms with van der Waals surface area (Å²) in [5, 5.41) is 12.4. The highest BCUT2D eigenvalue weighted by Gasteiger charge is 2.36. The molecule has 4 unspecified atom stereocenters. The first-order valence-corrected chi connectivity index (χ1v) is 6.98. The maximum atomic E-state index is 12.5. The number of hydrogen-bond acceptors (Lipinski definition) is 2. The Morgan fingerprint density at radius 1 is 1.44 bits per heavy atom. The zero-order valence-electron chi connectivity index (χ0n) is 9.78. The molecule has 0 aromatic carbocycles. The van der Waals surface area contributed by atoms with E-state index < -0.39 is 22.2 Å². The van der Waals surface area contributed by atoms with Gasteiger partial charge in [-0.2, -0.15) is 13.2 Å². The van der Waals surface area contributed by atoms with Crippen molar-refractivity contribution in [3.8, 4) is 0 Å². The standard InChI is InChI=1S/C11H15F3N2OS/c1-2-18(11(12,13)14)16-10(17)15-9-6-7-3-4-8(9)5-7/h2-4,7-9H,5-6H2,1H3,(H2,15,16,17)/p-1. The topological polar surface area (TPSA) is 47.4 Å². The number of nitrogens with zero attached hydrogens (tertiary/aromatic N) is 1. The van der Waals surface area contributed by atoms with Gasteiger partial charge < -0.3 is 9.83 Å². The lowest BCUT2D eigenvalue weighted by Crippen LogP contribution is -2.36. The average Bonchev–Trinajstić information content (AvgIpc) is 2.85. The van der Waals surface area contributed by atoms with Crippen molar-refractivity contribution >= 4 is 22.1 Å². The summed E-state index contributed by atoms with van der Waals surface area (Å²) in [5.41, 5.74) is -4.44. The fourth-order valence-corrected chi connectivity index (χ4v) is 3.16. The zero-order chi connectivity index (χ0) is 13.3. The van der Waals surface area contributed by atoms with Gasteiger partial charge in [0.2, 0.25) is 0 Å². The summed E-state index contributed by atoms with van der Waals surface area (Å²) >= 11 is 0. The van der Waals surface area contributed by atoms with Crippen molar-refractivity contribution in [2.45, 2.75) is 31.3 Å². The molecule has 1 saturated carbocycles. The van der Waals surface area contributed by atoms with Gasteiger partial charge in [-0.25, -0.2) is 0 Å².